The van der Waals surface area contributed by atoms with Gasteiger partial charge in [0.15, 0.2) is 6.10 Å². The lowest BCUT2D eigenvalue weighted by Crippen LogP contribution is -2.35. The van der Waals surface area contributed by atoms with Crippen molar-refractivity contribution in [2.45, 2.75) is 12.2 Å². The highest BCUT2D eigenvalue weighted by Gasteiger charge is 2.35. The molecule has 22 heavy (non-hydrogen) atoms. The summed E-state index contributed by atoms with van der Waals surface area (Å²) in [4.78, 5) is 24.3. The van der Waals surface area contributed by atoms with Crippen molar-refractivity contribution in [2.24, 2.45) is 0 Å². The van der Waals surface area contributed by atoms with Crippen molar-refractivity contribution < 1.29 is 19.1 Å². The molecule has 1 heterocycles. The van der Waals surface area contributed by atoms with E-state index in [1.807, 2.05) is 30.3 Å². The Morgan fingerprint density at radius 2 is 1.59 bits per heavy atom. The second kappa shape index (κ2) is 6.26. The van der Waals surface area contributed by atoms with Crippen LogP contribution in [0.25, 0.3) is 0 Å². The normalized spacial score (nSPS) is 20.3. The zero-order valence-corrected chi connectivity index (χ0v) is 11.7. The lowest BCUT2D eigenvalue weighted by molar-refractivity contribution is -0.132. The molecule has 1 aliphatic heterocycles. The number of rotatable bonds is 3. The molecule has 3 rings (SSSR count). The molecule has 4 nitrogen and oxygen atoms in total. The van der Waals surface area contributed by atoms with E-state index in [0.29, 0.717) is 5.56 Å². The van der Waals surface area contributed by atoms with E-state index < -0.39 is 18.2 Å². The monoisotopic (exact) mass is 294 g/mol. The molecule has 0 radical (unpaired) electrons. The minimum absolute atomic E-state index is 0.288. The predicted molar refractivity (Wildman–Crippen MR) is 80.1 cm³/mol. The second-order valence-corrected chi connectivity index (χ2v) is 4.86. The van der Waals surface area contributed by atoms with Crippen LogP contribution in [-0.4, -0.2) is 17.9 Å². The number of hydrogen-bond acceptors (Lipinski definition) is 4. The van der Waals surface area contributed by atoms with Gasteiger partial charge < -0.3 is 9.47 Å². The third-order valence-corrected chi connectivity index (χ3v) is 3.38. The molecule has 0 saturated heterocycles. The Balaban J connectivity index is 1.84. The first kappa shape index (κ1) is 14.1. The third kappa shape index (κ3) is 2.91. The van der Waals surface area contributed by atoms with Gasteiger partial charge in [-0.05, 0) is 17.7 Å². The van der Waals surface area contributed by atoms with Crippen molar-refractivity contribution >= 4 is 11.8 Å². The molecule has 0 N–H and O–H groups in total. The van der Waals surface area contributed by atoms with Crippen LogP contribution in [0.3, 0.4) is 0 Å². The SMILES string of the molecule is O=C(OC1C(=O)C=COC1c1ccccc1)c1ccccc1. The van der Waals surface area contributed by atoms with Crippen LogP contribution in [0.4, 0.5) is 0 Å². The molecule has 2 aromatic carbocycles. The Morgan fingerprint density at radius 3 is 2.27 bits per heavy atom. The Bertz CT molecular complexity index is 692. The summed E-state index contributed by atoms with van der Waals surface area (Å²) in [7, 11) is 0. The fourth-order valence-electron chi connectivity index (χ4n) is 2.28. The highest BCUT2D eigenvalue weighted by molar-refractivity contribution is 5.98. The maximum Gasteiger partial charge on any atom is 0.339 e. The molecular weight excluding hydrogens is 280 g/mol. The molecule has 4 heteroatoms. The fraction of sp³-hybridized carbons (Fsp3) is 0.111. The number of ketones is 1. The quantitative estimate of drug-likeness (QED) is 0.816. The first-order valence-corrected chi connectivity index (χ1v) is 6.92. The number of esters is 1. The molecule has 0 fully saturated rings. The standard InChI is InChI=1S/C18H14O4/c19-15-11-12-21-16(13-7-3-1-4-8-13)17(15)22-18(20)14-9-5-2-6-10-14/h1-12,16-17H. The van der Waals surface area contributed by atoms with Gasteiger partial charge >= 0.3 is 5.97 Å². The highest BCUT2D eigenvalue weighted by atomic mass is 16.6. The summed E-state index contributed by atoms with van der Waals surface area (Å²) in [6.45, 7) is 0. The summed E-state index contributed by atoms with van der Waals surface area (Å²) < 4.78 is 10.9. The van der Waals surface area contributed by atoms with Crippen LogP contribution in [0.1, 0.15) is 22.0 Å². The van der Waals surface area contributed by atoms with Gasteiger partial charge in [-0.15, -0.1) is 0 Å². The summed E-state index contributed by atoms with van der Waals surface area (Å²) in [5, 5.41) is 0. The minimum atomic E-state index is -0.986. The van der Waals surface area contributed by atoms with Gasteiger partial charge in [0, 0.05) is 6.08 Å². The molecular formula is C18H14O4. The Kier molecular flexibility index (Phi) is 4.01. The second-order valence-electron chi connectivity index (χ2n) is 4.86. The average molecular weight is 294 g/mol. The van der Waals surface area contributed by atoms with Crippen LogP contribution in [0.2, 0.25) is 0 Å². The number of carbonyl (C=O) groups excluding carboxylic acids is 2. The maximum absolute atomic E-state index is 12.2. The molecule has 0 bridgehead atoms. The highest BCUT2D eigenvalue weighted by Crippen LogP contribution is 2.28. The zero-order chi connectivity index (χ0) is 15.4. The van der Waals surface area contributed by atoms with Gasteiger partial charge in [-0.25, -0.2) is 4.79 Å². The first-order chi connectivity index (χ1) is 10.8. The van der Waals surface area contributed by atoms with E-state index in [1.165, 1.54) is 12.3 Å². The predicted octanol–water partition coefficient (Wildman–Crippen LogP) is 3.07. The summed E-state index contributed by atoms with van der Waals surface area (Å²) in [5.74, 6) is -0.830. The van der Waals surface area contributed by atoms with Crippen molar-refractivity contribution in [1.29, 1.82) is 0 Å². The summed E-state index contributed by atoms with van der Waals surface area (Å²) in [6.07, 6.45) is 1.00. The van der Waals surface area contributed by atoms with E-state index in [-0.39, 0.29) is 5.78 Å². The van der Waals surface area contributed by atoms with Crippen molar-refractivity contribution in [3.63, 3.8) is 0 Å². The zero-order valence-electron chi connectivity index (χ0n) is 11.7. The number of carbonyl (C=O) groups is 2. The number of ether oxygens (including phenoxy) is 2. The van der Waals surface area contributed by atoms with Crippen molar-refractivity contribution in [3.8, 4) is 0 Å². The van der Waals surface area contributed by atoms with Gasteiger partial charge in [0.1, 0.15) is 0 Å². The number of hydrogen-bond donors (Lipinski definition) is 0. The van der Waals surface area contributed by atoms with Gasteiger partial charge in [0.2, 0.25) is 11.9 Å². The first-order valence-electron chi connectivity index (χ1n) is 6.92. The third-order valence-electron chi connectivity index (χ3n) is 3.38. The smallest absolute Gasteiger partial charge is 0.339 e. The van der Waals surface area contributed by atoms with Crippen LogP contribution >= 0.6 is 0 Å². The van der Waals surface area contributed by atoms with Gasteiger partial charge in [0.05, 0.1) is 11.8 Å². The Morgan fingerprint density at radius 1 is 0.955 bits per heavy atom. The lowest BCUT2D eigenvalue weighted by Gasteiger charge is -2.27. The van der Waals surface area contributed by atoms with Gasteiger partial charge in [-0.2, -0.15) is 0 Å². The van der Waals surface area contributed by atoms with Crippen molar-refractivity contribution in [2.75, 3.05) is 0 Å². The lowest BCUT2D eigenvalue weighted by atomic mass is 9.99. The molecule has 2 aromatic rings. The minimum Gasteiger partial charge on any atom is -0.489 e. The maximum atomic E-state index is 12.2. The molecule has 0 amide bonds. The van der Waals surface area contributed by atoms with Gasteiger partial charge in [-0.1, -0.05) is 48.5 Å². The van der Waals surface area contributed by atoms with Gasteiger partial charge in [-0.3, -0.25) is 4.79 Å². The molecule has 110 valence electrons. The van der Waals surface area contributed by atoms with E-state index in [4.69, 9.17) is 9.47 Å². The topological polar surface area (TPSA) is 52.6 Å². The molecule has 0 spiro atoms. The van der Waals surface area contributed by atoms with E-state index in [9.17, 15) is 9.59 Å². The molecule has 1 aliphatic rings. The van der Waals surface area contributed by atoms with Gasteiger partial charge in [0.25, 0.3) is 0 Å². The molecule has 0 aliphatic carbocycles. The largest absolute Gasteiger partial charge is 0.489 e. The molecule has 0 aromatic heterocycles. The average Bonchev–Trinajstić information content (AvgIpc) is 2.58. The van der Waals surface area contributed by atoms with Crippen LogP contribution in [-0.2, 0) is 14.3 Å². The summed E-state index contributed by atoms with van der Waals surface area (Å²) >= 11 is 0. The Labute approximate surface area is 128 Å². The van der Waals surface area contributed by atoms with E-state index in [1.54, 1.807) is 30.3 Å². The van der Waals surface area contributed by atoms with Crippen LogP contribution < -0.4 is 0 Å². The Hall–Kier alpha value is -2.88. The van der Waals surface area contributed by atoms with E-state index >= 15 is 0 Å². The molecule has 2 atom stereocenters. The van der Waals surface area contributed by atoms with Crippen LogP contribution in [0.5, 0.6) is 0 Å². The van der Waals surface area contributed by atoms with E-state index in [2.05, 4.69) is 0 Å². The molecule has 2 unspecified atom stereocenters. The van der Waals surface area contributed by atoms with Crippen LogP contribution in [0, 0.1) is 0 Å². The summed E-state index contributed by atoms with van der Waals surface area (Å²) in [6, 6.07) is 17.8. The van der Waals surface area contributed by atoms with Crippen molar-refractivity contribution in [1.82, 2.24) is 0 Å². The number of benzene rings is 2. The fourth-order valence-corrected chi connectivity index (χ4v) is 2.28. The van der Waals surface area contributed by atoms with Crippen molar-refractivity contribution in [3.05, 3.63) is 84.1 Å². The van der Waals surface area contributed by atoms with Crippen LogP contribution in [0.15, 0.2) is 73.0 Å². The molecule has 0 saturated carbocycles. The summed E-state index contributed by atoms with van der Waals surface area (Å²) in [5.41, 5.74) is 1.18. The van der Waals surface area contributed by atoms with E-state index in [0.717, 1.165) is 5.56 Å².